The Hall–Kier alpha value is -2.74. The molecule has 0 fully saturated rings. The minimum absolute atomic E-state index is 0.759. The number of hydrogen-bond acceptors (Lipinski definition) is 2. The van der Waals surface area contributed by atoms with E-state index in [1.165, 1.54) is 0 Å². The van der Waals surface area contributed by atoms with Crippen LogP contribution in [0.5, 0.6) is 11.5 Å². The Morgan fingerprint density at radius 1 is 0.650 bits per heavy atom. The smallest absolute Gasteiger partial charge is 0.135 e. The van der Waals surface area contributed by atoms with Gasteiger partial charge in [-0.2, -0.15) is 0 Å². The van der Waals surface area contributed by atoms with Crippen LogP contribution in [0.4, 0.5) is 5.69 Å². The molecule has 0 amide bonds. The highest BCUT2D eigenvalue weighted by Gasteiger charge is 2.06. The Morgan fingerprint density at radius 3 is 2.05 bits per heavy atom. The van der Waals surface area contributed by atoms with Gasteiger partial charge in [-0.25, -0.2) is 0 Å². The van der Waals surface area contributed by atoms with Gasteiger partial charge in [0.2, 0.25) is 0 Å². The van der Waals surface area contributed by atoms with Crippen molar-refractivity contribution in [3.63, 3.8) is 0 Å². The molecule has 0 atom stereocenters. The monoisotopic (exact) mass is 261 g/mol. The second kappa shape index (κ2) is 5.49. The summed E-state index contributed by atoms with van der Waals surface area (Å²) >= 11 is 0. The fraction of sp³-hybridized carbons (Fsp3) is 0. The molecule has 98 valence electrons. The van der Waals surface area contributed by atoms with Crippen molar-refractivity contribution in [2.24, 2.45) is 0 Å². The molecule has 0 bridgehead atoms. The summed E-state index contributed by atoms with van der Waals surface area (Å²) < 4.78 is 5.96. The van der Waals surface area contributed by atoms with Gasteiger partial charge in [0.1, 0.15) is 11.5 Å². The molecular weight excluding hydrogens is 246 g/mol. The molecular formula is C18H15NO. The van der Waals surface area contributed by atoms with Crippen molar-refractivity contribution in [1.82, 2.24) is 0 Å². The lowest BCUT2D eigenvalue weighted by atomic mass is 10.0. The molecule has 0 unspecified atom stereocenters. The van der Waals surface area contributed by atoms with Gasteiger partial charge < -0.3 is 10.5 Å². The van der Waals surface area contributed by atoms with Gasteiger partial charge >= 0.3 is 0 Å². The Bertz CT molecular complexity index is 690. The van der Waals surface area contributed by atoms with Crippen molar-refractivity contribution in [1.29, 1.82) is 0 Å². The number of para-hydroxylation sites is 2. The maximum atomic E-state index is 5.96. The van der Waals surface area contributed by atoms with E-state index in [0.29, 0.717) is 0 Å². The molecule has 3 aromatic carbocycles. The van der Waals surface area contributed by atoms with Crippen LogP contribution in [-0.2, 0) is 0 Å². The predicted molar refractivity (Wildman–Crippen MR) is 82.8 cm³/mol. The third-order valence-corrected chi connectivity index (χ3v) is 3.08. The summed E-state index contributed by atoms with van der Waals surface area (Å²) in [5, 5.41) is 0. The van der Waals surface area contributed by atoms with Gasteiger partial charge in [-0.1, -0.05) is 48.5 Å². The molecule has 0 aliphatic carbocycles. The number of ether oxygens (including phenoxy) is 1. The molecule has 0 aliphatic heterocycles. The van der Waals surface area contributed by atoms with Crippen LogP contribution in [0.3, 0.4) is 0 Å². The van der Waals surface area contributed by atoms with E-state index in [2.05, 4.69) is 0 Å². The molecule has 2 heteroatoms. The van der Waals surface area contributed by atoms with Crippen molar-refractivity contribution in [3.05, 3.63) is 78.9 Å². The highest BCUT2D eigenvalue weighted by molar-refractivity contribution is 5.72. The third-order valence-electron chi connectivity index (χ3n) is 3.08. The van der Waals surface area contributed by atoms with Gasteiger partial charge in [0.25, 0.3) is 0 Å². The molecule has 0 spiro atoms. The van der Waals surface area contributed by atoms with Crippen LogP contribution in [0.25, 0.3) is 11.1 Å². The van der Waals surface area contributed by atoms with Crippen LogP contribution in [0.15, 0.2) is 78.9 Å². The fourth-order valence-electron chi connectivity index (χ4n) is 2.07. The average molecular weight is 261 g/mol. The van der Waals surface area contributed by atoms with E-state index < -0.39 is 0 Å². The van der Waals surface area contributed by atoms with E-state index >= 15 is 0 Å². The first-order valence-corrected chi connectivity index (χ1v) is 6.51. The van der Waals surface area contributed by atoms with E-state index in [1.54, 1.807) is 0 Å². The second-order valence-electron chi connectivity index (χ2n) is 4.53. The zero-order valence-corrected chi connectivity index (χ0v) is 11.0. The Labute approximate surface area is 118 Å². The summed E-state index contributed by atoms with van der Waals surface area (Å²) in [6.45, 7) is 0. The molecule has 2 N–H and O–H groups in total. The minimum atomic E-state index is 0.759. The molecule has 3 aromatic rings. The number of anilines is 1. The van der Waals surface area contributed by atoms with E-state index in [-0.39, 0.29) is 0 Å². The normalized spacial score (nSPS) is 10.2. The van der Waals surface area contributed by atoms with Gasteiger partial charge in [-0.3, -0.25) is 0 Å². The number of benzene rings is 3. The highest BCUT2D eigenvalue weighted by Crippen LogP contribution is 2.33. The van der Waals surface area contributed by atoms with E-state index in [1.807, 2.05) is 78.9 Å². The molecule has 0 heterocycles. The zero-order valence-electron chi connectivity index (χ0n) is 11.0. The number of hydrogen-bond donors (Lipinski definition) is 1. The third kappa shape index (κ3) is 2.64. The van der Waals surface area contributed by atoms with Crippen LogP contribution in [0.2, 0.25) is 0 Å². The van der Waals surface area contributed by atoms with Crippen molar-refractivity contribution >= 4 is 5.69 Å². The molecule has 3 rings (SSSR count). The summed E-state index contributed by atoms with van der Waals surface area (Å²) in [5.74, 6) is 1.67. The molecule has 0 saturated heterocycles. The molecule has 0 aliphatic rings. The van der Waals surface area contributed by atoms with Crippen LogP contribution in [0, 0.1) is 0 Å². The standard InChI is InChI=1S/C18H15NO/c19-15-12-10-14(11-13-15)17-8-4-5-9-18(17)20-16-6-2-1-3-7-16/h1-13H,19H2. The van der Waals surface area contributed by atoms with E-state index in [4.69, 9.17) is 10.5 Å². The van der Waals surface area contributed by atoms with Crippen LogP contribution in [0.1, 0.15) is 0 Å². The molecule has 2 nitrogen and oxygen atoms in total. The van der Waals surface area contributed by atoms with E-state index in [0.717, 1.165) is 28.3 Å². The largest absolute Gasteiger partial charge is 0.457 e. The molecule has 0 radical (unpaired) electrons. The van der Waals surface area contributed by atoms with Gasteiger partial charge in [-0.05, 0) is 35.9 Å². The average Bonchev–Trinajstić information content (AvgIpc) is 2.50. The number of rotatable bonds is 3. The quantitative estimate of drug-likeness (QED) is 0.692. The van der Waals surface area contributed by atoms with E-state index in [9.17, 15) is 0 Å². The Balaban J connectivity index is 1.98. The predicted octanol–water partition coefficient (Wildman–Crippen LogP) is 4.73. The minimum Gasteiger partial charge on any atom is -0.457 e. The van der Waals surface area contributed by atoms with Gasteiger partial charge in [-0.15, -0.1) is 0 Å². The summed E-state index contributed by atoms with van der Waals surface area (Å²) in [6, 6.07) is 25.6. The lowest BCUT2D eigenvalue weighted by molar-refractivity contribution is 0.484. The van der Waals surface area contributed by atoms with Gasteiger partial charge in [0, 0.05) is 11.3 Å². The van der Waals surface area contributed by atoms with Crippen LogP contribution < -0.4 is 10.5 Å². The lowest BCUT2D eigenvalue weighted by Gasteiger charge is -2.11. The zero-order chi connectivity index (χ0) is 13.8. The summed E-state index contributed by atoms with van der Waals surface area (Å²) in [4.78, 5) is 0. The fourth-order valence-corrected chi connectivity index (χ4v) is 2.07. The second-order valence-corrected chi connectivity index (χ2v) is 4.53. The first-order chi connectivity index (χ1) is 9.83. The van der Waals surface area contributed by atoms with Crippen molar-refractivity contribution in [3.8, 4) is 22.6 Å². The molecule has 0 aromatic heterocycles. The lowest BCUT2D eigenvalue weighted by Crippen LogP contribution is -1.89. The highest BCUT2D eigenvalue weighted by atomic mass is 16.5. The van der Waals surface area contributed by atoms with Crippen molar-refractivity contribution in [2.45, 2.75) is 0 Å². The Morgan fingerprint density at radius 2 is 1.30 bits per heavy atom. The molecule has 20 heavy (non-hydrogen) atoms. The van der Waals surface area contributed by atoms with Crippen molar-refractivity contribution in [2.75, 3.05) is 5.73 Å². The van der Waals surface area contributed by atoms with Crippen LogP contribution >= 0.6 is 0 Å². The van der Waals surface area contributed by atoms with Crippen LogP contribution in [-0.4, -0.2) is 0 Å². The van der Waals surface area contributed by atoms with Crippen molar-refractivity contribution < 1.29 is 4.74 Å². The summed E-state index contributed by atoms with van der Waals surface area (Å²) in [7, 11) is 0. The molecule has 0 saturated carbocycles. The Kier molecular flexibility index (Phi) is 3.38. The van der Waals surface area contributed by atoms with Gasteiger partial charge in [0.05, 0.1) is 0 Å². The first kappa shape index (κ1) is 12.3. The summed E-state index contributed by atoms with van der Waals surface area (Å²) in [5.41, 5.74) is 8.64. The number of nitrogens with two attached hydrogens (primary N) is 1. The first-order valence-electron chi connectivity index (χ1n) is 6.51. The number of nitrogen functional groups attached to an aromatic ring is 1. The topological polar surface area (TPSA) is 35.2 Å². The maximum Gasteiger partial charge on any atom is 0.135 e. The SMILES string of the molecule is Nc1ccc(-c2ccccc2Oc2ccccc2)cc1. The summed E-state index contributed by atoms with van der Waals surface area (Å²) in [6.07, 6.45) is 0. The maximum absolute atomic E-state index is 5.96. The van der Waals surface area contributed by atoms with Gasteiger partial charge in [0.15, 0.2) is 0 Å².